The lowest BCUT2D eigenvalue weighted by atomic mass is 10.1. The molecule has 0 aliphatic carbocycles. The van der Waals surface area contributed by atoms with Gasteiger partial charge in [0.25, 0.3) is 0 Å². The number of aliphatic hydroxyl groups excluding tert-OH is 3. The van der Waals surface area contributed by atoms with Crippen molar-refractivity contribution >= 4 is 0 Å². The molecule has 3 atom stereocenters. The fourth-order valence-corrected chi connectivity index (χ4v) is 0.730. The first kappa shape index (κ1) is 6.15. The summed E-state index contributed by atoms with van der Waals surface area (Å²) in [5, 5.41) is 26.7. The van der Waals surface area contributed by atoms with Crippen molar-refractivity contribution in [3.8, 4) is 0 Å². The molecule has 0 amide bonds. The van der Waals surface area contributed by atoms with Crippen molar-refractivity contribution in [2.75, 3.05) is 6.61 Å². The molecule has 0 unspecified atom stereocenters. The topological polar surface area (TPSA) is 69.9 Å². The van der Waals surface area contributed by atoms with Gasteiger partial charge in [0.15, 0.2) is 0 Å². The van der Waals surface area contributed by atoms with Gasteiger partial charge in [0, 0.05) is 0 Å². The molecule has 0 spiro atoms. The predicted octanol–water partition coefficient (Wildman–Crippen LogP) is -1.39. The molecule has 10 heavy (non-hydrogen) atoms. The van der Waals surface area contributed by atoms with Gasteiger partial charge >= 0.3 is 0 Å². The molecule has 1 rings (SSSR count). The second kappa shape index (κ2) is 3.01. The van der Waals surface area contributed by atoms with E-state index in [1.54, 1.807) is 0 Å². The number of ether oxygens (including phenoxy) is 1. The van der Waals surface area contributed by atoms with Gasteiger partial charge in [0.05, 0.1) is 14.2 Å². The Balaban J connectivity index is 2.68. The minimum absolute atomic E-state index is 0.179. The van der Waals surface area contributed by atoms with Gasteiger partial charge in [0.2, 0.25) is 0 Å². The van der Waals surface area contributed by atoms with E-state index in [0.29, 0.717) is 0 Å². The summed E-state index contributed by atoms with van der Waals surface area (Å²) in [6.07, 6.45) is -2.25. The Bertz CT molecular complexity index is 170. The van der Waals surface area contributed by atoms with Gasteiger partial charge in [-0.25, -0.2) is 0 Å². The van der Waals surface area contributed by atoms with Gasteiger partial charge in [-0.3, -0.25) is 0 Å². The van der Waals surface area contributed by atoms with Crippen molar-refractivity contribution in [3.05, 3.63) is 12.3 Å². The smallest absolute Gasteiger partial charge is 0.149 e. The summed E-state index contributed by atoms with van der Waals surface area (Å²) in [5.41, 5.74) is 0. The number of hydrogen-bond donors (Lipinski definition) is 3. The van der Waals surface area contributed by atoms with Crippen LogP contribution in [0.4, 0.5) is 0 Å². The Morgan fingerprint density at radius 2 is 2.30 bits per heavy atom. The lowest BCUT2D eigenvalue weighted by Gasteiger charge is -2.26. The normalized spacial score (nSPS) is 41.7. The molecule has 0 radical (unpaired) electrons. The van der Waals surface area contributed by atoms with Crippen LogP contribution in [0.2, 0.25) is 0 Å². The number of aliphatic hydroxyl groups is 3. The third-order valence-electron chi connectivity index (χ3n) is 1.37. The summed E-state index contributed by atoms with van der Waals surface area (Å²) in [6.45, 7) is -0.373. The van der Waals surface area contributed by atoms with Crippen molar-refractivity contribution < 1.29 is 21.4 Å². The zero-order chi connectivity index (χ0) is 8.43. The summed E-state index contributed by atoms with van der Waals surface area (Å²) in [4.78, 5) is 0. The highest BCUT2D eigenvalue weighted by molar-refractivity contribution is 4.96. The predicted molar refractivity (Wildman–Crippen MR) is 33.1 cm³/mol. The standard InChI is InChI=1S/C6H10O4/c7-3-5-6(9)4(8)1-2-10-5/h1-2,4-9H,3H2/t4-,5-,6-/m1/s1/i1D. The largest absolute Gasteiger partial charge is 0.493 e. The van der Waals surface area contributed by atoms with E-state index >= 15 is 0 Å². The van der Waals surface area contributed by atoms with Gasteiger partial charge in [-0.1, -0.05) is 0 Å². The van der Waals surface area contributed by atoms with Crippen LogP contribution < -0.4 is 0 Å². The molecule has 0 saturated heterocycles. The van der Waals surface area contributed by atoms with E-state index in [1.807, 2.05) is 0 Å². The summed E-state index contributed by atoms with van der Waals surface area (Å²) in [5.74, 6) is 0. The highest BCUT2D eigenvalue weighted by Gasteiger charge is 2.27. The molecule has 58 valence electrons. The van der Waals surface area contributed by atoms with E-state index in [4.69, 9.17) is 21.4 Å². The lowest BCUT2D eigenvalue weighted by molar-refractivity contribution is -0.0808. The van der Waals surface area contributed by atoms with Crippen LogP contribution in [0.1, 0.15) is 1.37 Å². The molecule has 0 bridgehead atoms. The molecule has 1 aliphatic heterocycles. The van der Waals surface area contributed by atoms with Crippen LogP contribution in [-0.4, -0.2) is 40.2 Å². The van der Waals surface area contributed by atoms with Gasteiger partial charge in [-0.15, -0.1) is 0 Å². The summed E-state index contributed by atoms with van der Waals surface area (Å²) >= 11 is 0. The van der Waals surface area contributed by atoms with Gasteiger partial charge in [-0.05, 0) is 6.05 Å². The van der Waals surface area contributed by atoms with Gasteiger partial charge < -0.3 is 20.1 Å². The van der Waals surface area contributed by atoms with Gasteiger partial charge in [-0.2, -0.15) is 0 Å². The third kappa shape index (κ3) is 1.29. The summed E-state index contributed by atoms with van der Waals surface area (Å²) in [7, 11) is 0. The average molecular weight is 147 g/mol. The SMILES string of the molecule is [2H]C1=CO[C@H](CO)[C@H](O)[C@@H]1O. The highest BCUT2D eigenvalue weighted by Crippen LogP contribution is 2.10. The van der Waals surface area contributed by atoms with Gasteiger partial charge in [0.1, 0.15) is 18.3 Å². The van der Waals surface area contributed by atoms with Crippen molar-refractivity contribution in [1.29, 1.82) is 0 Å². The Hall–Kier alpha value is -0.580. The van der Waals surface area contributed by atoms with E-state index in [1.165, 1.54) is 0 Å². The second-order valence-electron chi connectivity index (χ2n) is 2.08. The van der Waals surface area contributed by atoms with Crippen molar-refractivity contribution in [3.63, 3.8) is 0 Å². The molecule has 0 aromatic carbocycles. The third-order valence-corrected chi connectivity index (χ3v) is 1.37. The zero-order valence-electron chi connectivity index (χ0n) is 6.27. The number of rotatable bonds is 1. The second-order valence-corrected chi connectivity index (χ2v) is 2.08. The molecule has 0 aromatic heterocycles. The van der Waals surface area contributed by atoms with Crippen molar-refractivity contribution in [2.24, 2.45) is 0 Å². The first-order chi connectivity index (χ1) is 5.16. The Kier molecular flexibility index (Phi) is 1.85. The molecular formula is C6H10O4. The van der Waals surface area contributed by atoms with E-state index < -0.39 is 18.3 Å². The first-order valence-corrected chi connectivity index (χ1v) is 2.96. The minimum Gasteiger partial charge on any atom is -0.493 e. The van der Waals surface area contributed by atoms with Crippen molar-refractivity contribution in [2.45, 2.75) is 18.3 Å². The molecule has 0 aromatic rings. The average Bonchev–Trinajstić information content (AvgIpc) is 2.01. The molecular weight excluding hydrogens is 136 g/mol. The Morgan fingerprint density at radius 1 is 1.60 bits per heavy atom. The van der Waals surface area contributed by atoms with Crippen LogP contribution in [-0.2, 0) is 4.74 Å². The monoisotopic (exact) mass is 147 g/mol. The van der Waals surface area contributed by atoms with Crippen LogP contribution in [0.15, 0.2) is 12.3 Å². The quantitative estimate of drug-likeness (QED) is 0.427. The highest BCUT2D eigenvalue weighted by atomic mass is 16.5. The Labute approximate surface area is 59.8 Å². The van der Waals surface area contributed by atoms with Crippen molar-refractivity contribution in [1.82, 2.24) is 0 Å². The molecule has 1 heterocycles. The fourth-order valence-electron chi connectivity index (χ4n) is 0.730. The minimum atomic E-state index is -1.25. The zero-order valence-corrected chi connectivity index (χ0v) is 5.27. The van der Waals surface area contributed by atoms with E-state index in [9.17, 15) is 0 Å². The van der Waals surface area contributed by atoms with Crippen LogP contribution in [0.5, 0.6) is 0 Å². The van der Waals surface area contributed by atoms with Crippen LogP contribution in [0.3, 0.4) is 0 Å². The fraction of sp³-hybridized carbons (Fsp3) is 0.667. The Morgan fingerprint density at radius 3 is 2.90 bits per heavy atom. The summed E-state index contributed by atoms with van der Waals surface area (Å²) < 4.78 is 11.7. The molecule has 0 saturated carbocycles. The van der Waals surface area contributed by atoms with E-state index in [0.717, 1.165) is 6.26 Å². The maximum Gasteiger partial charge on any atom is 0.149 e. The molecule has 4 nitrogen and oxygen atoms in total. The summed E-state index contributed by atoms with van der Waals surface area (Å²) in [6, 6.07) is -0.179. The molecule has 4 heteroatoms. The molecule has 3 N–H and O–H groups in total. The first-order valence-electron chi connectivity index (χ1n) is 3.46. The van der Waals surface area contributed by atoms with E-state index in [2.05, 4.69) is 0 Å². The maximum atomic E-state index is 9.11. The maximum absolute atomic E-state index is 9.11. The van der Waals surface area contributed by atoms with Crippen LogP contribution >= 0.6 is 0 Å². The lowest BCUT2D eigenvalue weighted by Crippen LogP contribution is -2.42. The molecule has 1 aliphatic rings. The van der Waals surface area contributed by atoms with E-state index in [-0.39, 0.29) is 12.7 Å². The molecule has 0 fully saturated rings. The van der Waals surface area contributed by atoms with Crippen LogP contribution in [0.25, 0.3) is 0 Å². The van der Waals surface area contributed by atoms with Crippen LogP contribution in [0, 0.1) is 0 Å². The number of hydrogen-bond acceptors (Lipinski definition) is 4.